The van der Waals surface area contributed by atoms with Crippen LogP contribution in [-0.4, -0.2) is 21.0 Å². The van der Waals surface area contributed by atoms with Crippen molar-refractivity contribution in [2.45, 2.75) is 9.23 Å². The van der Waals surface area contributed by atoms with Crippen LogP contribution in [0.3, 0.4) is 0 Å². The van der Waals surface area contributed by atoms with Gasteiger partial charge in [-0.3, -0.25) is 4.79 Å². The van der Waals surface area contributed by atoms with Crippen molar-refractivity contribution in [2.75, 3.05) is 5.75 Å². The summed E-state index contributed by atoms with van der Waals surface area (Å²) in [5.41, 5.74) is -0.648. The molecule has 6 heteroatoms. The van der Waals surface area contributed by atoms with Gasteiger partial charge in [-0.05, 0) is 0 Å². The molecule has 0 aliphatic carbocycles. The Morgan fingerprint density at radius 3 is 2.40 bits per heavy atom. The van der Waals surface area contributed by atoms with Crippen molar-refractivity contribution < 1.29 is 9.53 Å². The first-order valence-electron chi connectivity index (χ1n) is 2.38. The van der Waals surface area contributed by atoms with Gasteiger partial charge in [-0.1, -0.05) is 34.8 Å². The maximum absolute atomic E-state index is 10.5. The molecule has 1 aliphatic heterocycles. The number of halogens is 3. The smallest absolute Gasteiger partial charge is 0.317 e. The second-order valence-electron chi connectivity index (χ2n) is 1.67. The van der Waals surface area contributed by atoms with Gasteiger partial charge in [0.25, 0.3) is 0 Å². The molecule has 0 aromatic heterocycles. The van der Waals surface area contributed by atoms with E-state index in [0.717, 1.165) is 0 Å². The van der Waals surface area contributed by atoms with E-state index in [1.165, 1.54) is 11.8 Å². The number of rotatable bonds is 0. The van der Waals surface area contributed by atoms with E-state index in [2.05, 4.69) is 4.74 Å². The van der Waals surface area contributed by atoms with Crippen molar-refractivity contribution in [3.05, 3.63) is 0 Å². The van der Waals surface area contributed by atoms with Crippen LogP contribution >= 0.6 is 46.6 Å². The fourth-order valence-electron chi connectivity index (χ4n) is 0.492. The number of thioether (sulfide) groups is 1. The van der Waals surface area contributed by atoms with Gasteiger partial charge >= 0.3 is 5.97 Å². The molecule has 0 radical (unpaired) electrons. The van der Waals surface area contributed by atoms with Crippen LogP contribution in [0.1, 0.15) is 0 Å². The molecule has 1 aliphatic rings. The van der Waals surface area contributed by atoms with Crippen LogP contribution in [0.15, 0.2) is 0 Å². The van der Waals surface area contributed by atoms with E-state index in [1.54, 1.807) is 0 Å². The van der Waals surface area contributed by atoms with Gasteiger partial charge in [-0.15, -0.1) is 11.8 Å². The molecule has 0 bridgehead atoms. The SMILES string of the molecule is O=C1CSC(C(Cl)(Cl)Cl)O1. The molecule has 1 unspecified atom stereocenters. The highest BCUT2D eigenvalue weighted by Gasteiger charge is 2.40. The lowest BCUT2D eigenvalue weighted by Crippen LogP contribution is -2.22. The van der Waals surface area contributed by atoms with Crippen LogP contribution in [0.2, 0.25) is 0 Å². The van der Waals surface area contributed by atoms with Crippen LogP contribution in [0.5, 0.6) is 0 Å². The predicted molar refractivity (Wildman–Crippen MR) is 42.6 cm³/mol. The number of hydrogen-bond donors (Lipinski definition) is 0. The third-order valence-electron chi connectivity index (χ3n) is 0.858. The zero-order valence-corrected chi connectivity index (χ0v) is 7.73. The molecule has 1 rings (SSSR count). The van der Waals surface area contributed by atoms with Gasteiger partial charge in [-0.25, -0.2) is 0 Å². The van der Waals surface area contributed by atoms with E-state index in [9.17, 15) is 4.79 Å². The zero-order valence-electron chi connectivity index (χ0n) is 4.64. The fraction of sp³-hybridized carbons (Fsp3) is 0.750. The summed E-state index contributed by atoms with van der Waals surface area (Å²) in [5, 5.41) is 0. The maximum atomic E-state index is 10.5. The number of esters is 1. The van der Waals surface area contributed by atoms with Crippen molar-refractivity contribution >= 4 is 52.5 Å². The first kappa shape index (κ1) is 8.78. The van der Waals surface area contributed by atoms with Crippen molar-refractivity contribution in [2.24, 2.45) is 0 Å². The average molecular weight is 221 g/mol. The lowest BCUT2D eigenvalue weighted by atomic mass is 10.7. The monoisotopic (exact) mass is 220 g/mol. The van der Waals surface area contributed by atoms with Crippen LogP contribution in [0.25, 0.3) is 0 Å². The van der Waals surface area contributed by atoms with Crippen molar-refractivity contribution in [3.8, 4) is 0 Å². The van der Waals surface area contributed by atoms with Crippen molar-refractivity contribution in [3.63, 3.8) is 0 Å². The summed E-state index contributed by atoms with van der Waals surface area (Å²) in [4.78, 5) is 10.5. The van der Waals surface area contributed by atoms with E-state index < -0.39 is 9.23 Å². The van der Waals surface area contributed by atoms with E-state index in [-0.39, 0.29) is 11.7 Å². The minimum atomic E-state index is -1.50. The van der Waals surface area contributed by atoms with Crippen LogP contribution < -0.4 is 0 Å². The lowest BCUT2D eigenvalue weighted by molar-refractivity contribution is -0.139. The second-order valence-corrected chi connectivity index (χ2v) is 5.09. The molecular weight excluding hydrogens is 218 g/mol. The number of carbonyl (C=O) groups excluding carboxylic acids is 1. The average Bonchev–Trinajstić information content (AvgIpc) is 2.11. The highest BCUT2D eigenvalue weighted by Crippen LogP contribution is 2.41. The van der Waals surface area contributed by atoms with Gasteiger partial charge < -0.3 is 4.74 Å². The van der Waals surface area contributed by atoms with Gasteiger partial charge in [0.1, 0.15) is 0 Å². The Morgan fingerprint density at radius 1 is 1.60 bits per heavy atom. The van der Waals surface area contributed by atoms with E-state index in [4.69, 9.17) is 34.8 Å². The normalized spacial score (nSPS) is 26.7. The summed E-state index contributed by atoms with van der Waals surface area (Å²) in [7, 11) is 0. The summed E-state index contributed by atoms with van der Waals surface area (Å²) >= 11 is 17.5. The van der Waals surface area contributed by atoms with E-state index in [0.29, 0.717) is 0 Å². The topological polar surface area (TPSA) is 26.3 Å². The number of hydrogen-bond acceptors (Lipinski definition) is 3. The molecule has 1 atom stereocenters. The Balaban J connectivity index is 2.53. The summed E-state index contributed by atoms with van der Waals surface area (Å²) in [6.07, 6.45) is 0. The van der Waals surface area contributed by atoms with E-state index >= 15 is 0 Å². The van der Waals surface area contributed by atoms with Gasteiger partial charge in [0, 0.05) is 0 Å². The fourth-order valence-corrected chi connectivity index (χ4v) is 1.91. The quantitative estimate of drug-likeness (QED) is 0.462. The van der Waals surface area contributed by atoms with Gasteiger partial charge in [0.2, 0.25) is 3.79 Å². The largest absolute Gasteiger partial charge is 0.446 e. The second kappa shape index (κ2) is 2.97. The van der Waals surface area contributed by atoms with E-state index in [1.807, 2.05) is 0 Å². The molecule has 58 valence electrons. The molecule has 2 nitrogen and oxygen atoms in total. The van der Waals surface area contributed by atoms with Crippen molar-refractivity contribution in [1.29, 1.82) is 0 Å². The number of carbonyl (C=O) groups is 1. The van der Waals surface area contributed by atoms with Crippen LogP contribution in [-0.2, 0) is 9.53 Å². The van der Waals surface area contributed by atoms with Crippen LogP contribution in [0, 0.1) is 0 Å². The third kappa shape index (κ3) is 2.09. The molecule has 0 aromatic rings. The Labute approximate surface area is 77.1 Å². The molecule has 1 heterocycles. The molecule has 0 saturated carbocycles. The Bertz CT molecular complexity index is 155. The Morgan fingerprint density at radius 2 is 2.20 bits per heavy atom. The molecule has 10 heavy (non-hydrogen) atoms. The molecule has 0 N–H and O–H groups in total. The summed E-state index contributed by atoms with van der Waals surface area (Å²) < 4.78 is 3.15. The van der Waals surface area contributed by atoms with Crippen LogP contribution in [0.4, 0.5) is 0 Å². The zero-order chi connectivity index (χ0) is 7.78. The molecular formula is C4H3Cl3O2S. The van der Waals surface area contributed by atoms with Gasteiger partial charge in [0.15, 0.2) is 5.44 Å². The molecule has 0 amide bonds. The standard InChI is InChI=1S/C4H3Cl3O2S/c5-4(6,7)3-9-2(8)1-10-3/h3H,1H2. The highest BCUT2D eigenvalue weighted by molar-refractivity contribution is 8.01. The third-order valence-corrected chi connectivity index (χ3v) is 3.00. The predicted octanol–water partition coefficient (Wildman–Crippen LogP) is 1.97. The first-order chi connectivity index (χ1) is 4.50. The summed E-state index contributed by atoms with van der Waals surface area (Å²) in [6.45, 7) is 0. The van der Waals surface area contributed by atoms with Gasteiger partial charge in [-0.2, -0.15) is 0 Å². The number of ether oxygens (including phenoxy) is 1. The van der Waals surface area contributed by atoms with Gasteiger partial charge in [0.05, 0.1) is 5.75 Å². The molecule has 1 fully saturated rings. The molecule has 0 aromatic carbocycles. The highest BCUT2D eigenvalue weighted by atomic mass is 35.6. The Hall–Kier alpha value is 0.690. The lowest BCUT2D eigenvalue weighted by Gasteiger charge is -2.15. The first-order valence-corrected chi connectivity index (χ1v) is 4.56. The summed E-state index contributed by atoms with van der Waals surface area (Å²) in [5.74, 6) is -0.0696. The van der Waals surface area contributed by atoms with Crippen molar-refractivity contribution in [1.82, 2.24) is 0 Å². The molecule has 0 spiro atoms. The Kier molecular flexibility index (Phi) is 2.61. The minimum Gasteiger partial charge on any atom is -0.446 e. The molecule has 1 saturated heterocycles. The number of alkyl halides is 3. The minimum absolute atomic E-state index is 0.262. The summed E-state index contributed by atoms with van der Waals surface area (Å²) in [6, 6.07) is 0. The number of cyclic esters (lactones) is 1. The maximum Gasteiger partial charge on any atom is 0.317 e.